The number of hydrogen-bond acceptors (Lipinski definition) is 4. The van der Waals surface area contributed by atoms with Crippen molar-refractivity contribution in [3.8, 4) is 0 Å². The van der Waals surface area contributed by atoms with Crippen LogP contribution in [0.5, 0.6) is 0 Å². The average Bonchev–Trinajstić information content (AvgIpc) is 2.18. The number of rotatable bonds is 8. The molecule has 0 aromatic rings. The maximum atomic E-state index is 6.18. The highest BCUT2D eigenvalue weighted by molar-refractivity contribution is 6.56. The molecule has 0 bridgehead atoms. The molecule has 0 rings (SSSR count). The number of ether oxygens (including phenoxy) is 4. The van der Waals surface area contributed by atoms with E-state index in [0.717, 1.165) is 0 Å². The van der Waals surface area contributed by atoms with E-state index in [0.29, 0.717) is 0 Å². The van der Waals surface area contributed by atoms with Crippen LogP contribution in [0, 0.1) is 0 Å². The van der Waals surface area contributed by atoms with E-state index in [1.807, 2.05) is 0 Å². The Balaban J connectivity index is 4.75. The zero-order valence-electron chi connectivity index (χ0n) is 18.9. The molecule has 152 valence electrons. The topological polar surface area (TPSA) is 36.9 Å². The van der Waals surface area contributed by atoms with E-state index in [4.69, 9.17) is 18.9 Å². The summed E-state index contributed by atoms with van der Waals surface area (Å²) in [7, 11) is -1.05. The minimum atomic E-state index is -0.526. The van der Waals surface area contributed by atoms with E-state index >= 15 is 0 Å². The molecule has 0 saturated carbocycles. The van der Waals surface area contributed by atoms with E-state index in [1.165, 1.54) is 5.67 Å². The minimum absolute atomic E-state index is 0.0579. The fourth-order valence-electron chi connectivity index (χ4n) is 2.31. The van der Waals surface area contributed by atoms with Crippen molar-refractivity contribution in [1.82, 2.24) is 0 Å². The Morgan fingerprint density at radius 2 is 0.680 bits per heavy atom. The van der Waals surface area contributed by atoms with Crippen molar-refractivity contribution in [2.75, 3.05) is 0 Å². The van der Waals surface area contributed by atoms with Gasteiger partial charge in [-0.05, 0) is 83.1 Å². The molecule has 0 amide bonds. The van der Waals surface area contributed by atoms with Crippen molar-refractivity contribution < 1.29 is 18.9 Å². The summed E-state index contributed by atoms with van der Waals surface area (Å²) in [6.07, 6.45) is 0. The summed E-state index contributed by atoms with van der Waals surface area (Å²) in [5.74, 6) is -0.116. The predicted molar refractivity (Wildman–Crippen MR) is 113 cm³/mol. The van der Waals surface area contributed by atoms with Gasteiger partial charge in [-0.25, -0.2) is 0 Å². The highest BCUT2D eigenvalue weighted by Gasteiger charge is 2.27. The summed E-state index contributed by atoms with van der Waals surface area (Å²) >= 11 is 0. The Bertz CT molecular complexity index is 305. The average molecular weight is 393 g/mol. The monoisotopic (exact) mass is 392 g/mol. The minimum Gasteiger partial charge on any atom is -0.352 e. The normalized spacial score (nSPS) is 15.6. The summed E-state index contributed by atoms with van der Waals surface area (Å²) in [6, 6.07) is 0. The lowest BCUT2D eigenvalue weighted by Crippen LogP contribution is -2.42. The van der Waals surface area contributed by atoms with Gasteiger partial charge in [-0.2, -0.15) is 0 Å². The van der Waals surface area contributed by atoms with E-state index in [2.05, 4.69) is 83.1 Å². The third kappa shape index (κ3) is 17.4. The van der Waals surface area contributed by atoms with E-state index < -0.39 is 19.0 Å². The molecular weight excluding hydrogens is 348 g/mol. The molecular formula is C19H44O4Si2. The van der Waals surface area contributed by atoms with E-state index in [9.17, 15) is 0 Å². The van der Waals surface area contributed by atoms with Gasteiger partial charge in [0.25, 0.3) is 0 Å². The molecule has 0 unspecified atom stereocenters. The molecule has 6 heteroatoms. The molecule has 0 radical (unpaired) electrons. The Labute approximate surface area is 161 Å². The highest BCUT2D eigenvalue weighted by Crippen LogP contribution is 2.20. The van der Waals surface area contributed by atoms with E-state index in [-0.39, 0.29) is 34.2 Å². The fraction of sp³-hybridized carbons (Fsp3) is 1.00. The van der Waals surface area contributed by atoms with E-state index in [1.54, 1.807) is 0 Å². The Kier molecular flexibility index (Phi) is 9.57. The lowest BCUT2D eigenvalue weighted by molar-refractivity contribution is -0.194. The van der Waals surface area contributed by atoms with Crippen molar-refractivity contribution in [2.24, 2.45) is 0 Å². The summed E-state index contributed by atoms with van der Waals surface area (Å²) in [5, 5.41) is 0. The van der Waals surface area contributed by atoms with Crippen molar-refractivity contribution in [2.45, 2.75) is 123 Å². The van der Waals surface area contributed by atoms with Crippen molar-refractivity contribution in [3.63, 3.8) is 0 Å². The van der Waals surface area contributed by atoms with Crippen LogP contribution in [0.1, 0.15) is 83.1 Å². The molecule has 0 fully saturated rings. The van der Waals surface area contributed by atoms with Gasteiger partial charge in [0.2, 0.25) is 0 Å². The first-order chi connectivity index (χ1) is 10.9. The van der Waals surface area contributed by atoms with Crippen LogP contribution in [0.3, 0.4) is 0 Å². The highest BCUT2D eigenvalue weighted by atomic mass is 28.3. The first-order valence-electron chi connectivity index (χ1n) is 9.58. The number of hydrogen-bond donors (Lipinski definition) is 0. The summed E-state index contributed by atoms with van der Waals surface area (Å²) in [6.45, 7) is 25.1. The van der Waals surface area contributed by atoms with Crippen LogP contribution >= 0.6 is 0 Å². The largest absolute Gasteiger partial charge is 0.352 e. The van der Waals surface area contributed by atoms with Crippen molar-refractivity contribution in [1.29, 1.82) is 0 Å². The fourth-order valence-corrected chi connectivity index (χ4v) is 8.39. The van der Waals surface area contributed by atoms with Crippen LogP contribution in [0.15, 0.2) is 0 Å². The van der Waals surface area contributed by atoms with Gasteiger partial charge in [-0.3, -0.25) is 0 Å². The quantitative estimate of drug-likeness (QED) is 0.468. The molecule has 0 saturated heterocycles. The third-order valence-corrected chi connectivity index (χ3v) is 7.70. The standard InChI is InChI=1S/C19H44O4Si2/c1-16(2,3)20-14(21-17(4,5)6)24-13-25-15(22-18(7,8)9)23-19(10,11)12/h14-15H,13,24-25H2,1-12H3. The van der Waals surface area contributed by atoms with Crippen LogP contribution < -0.4 is 0 Å². The van der Waals surface area contributed by atoms with Gasteiger partial charge in [-0.1, -0.05) is 5.67 Å². The van der Waals surface area contributed by atoms with Gasteiger partial charge in [-0.15, -0.1) is 0 Å². The second-order valence-electron chi connectivity index (χ2n) is 10.7. The second kappa shape index (κ2) is 9.46. The molecule has 0 aromatic carbocycles. The summed E-state index contributed by atoms with van der Waals surface area (Å²) in [4.78, 5) is 0. The van der Waals surface area contributed by atoms with Gasteiger partial charge in [0.1, 0.15) is 11.8 Å². The lowest BCUT2D eigenvalue weighted by atomic mass is 10.2. The Morgan fingerprint density at radius 3 is 0.840 bits per heavy atom. The van der Waals surface area contributed by atoms with Crippen molar-refractivity contribution >= 4 is 19.0 Å². The first kappa shape index (κ1) is 25.3. The molecule has 0 N–H and O–H groups in total. The SMILES string of the molecule is CC(C)(C)OC(OC(C)(C)C)[SiH2]C[SiH2]C(OC(C)(C)C)OC(C)(C)C. The molecule has 4 nitrogen and oxygen atoms in total. The van der Waals surface area contributed by atoms with Crippen LogP contribution in [0.4, 0.5) is 0 Å². The molecule has 0 aliphatic heterocycles. The zero-order valence-corrected chi connectivity index (χ0v) is 21.7. The Morgan fingerprint density at radius 1 is 0.480 bits per heavy atom. The van der Waals surface area contributed by atoms with Gasteiger partial charge in [0, 0.05) is 0 Å². The second-order valence-corrected chi connectivity index (χ2v) is 16.0. The third-order valence-electron chi connectivity index (χ3n) is 2.82. The molecule has 0 aliphatic rings. The summed E-state index contributed by atoms with van der Waals surface area (Å²) in [5.41, 5.74) is 0.441. The van der Waals surface area contributed by atoms with Crippen LogP contribution in [-0.4, -0.2) is 53.3 Å². The maximum absolute atomic E-state index is 6.18. The maximum Gasteiger partial charge on any atom is 0.136 e. The Hall–Kier alpha value is 0.274. The predicted octanol–water partition coefficient (Wildman–Crippen LogP) is 3.53. The van der Waals surface area contributed by atoms with Crippen molar-refractivity contribution in [3.05, 3.63) is 0 Å². The van der Waals surface area contributed by atoms with Gasteiger partial charge in [0.05, 0.1) is 41.4 Å². The molecule has 0 aromatic heterocycles. The van der Waals surface area contributed by atoms with Gasteiger partial charge in [0.15, 0.2) is 0 Å². The molecule has 25 heavy (non-hydrogen) atoms. The summed E-state index contributed by atoms with van der Waals surface area (Å²) < 4.78 is 24.7. The first-order valence-corrected chi connectivity index (χ1v) is 13.2. The smallest absolute Gasteiger partial charge is 0.136 e. The van der Waals surface area contributed by atoms with Gasteiger partial charge >= 0.3 is 0 Å². The zero-order chi connectivity index (χ0) is 20.1. The molecule has 0 heterocycles. The van der Waals surface area contributed by atoms with Crippen LogP contribution in [-0.2, 0) is 18.9 Å². The lowest BCUT2D eigenvalue weighted by Gasteiger charge is -2.34. The van der Waals surface area contributed by atoms with Gasteiger partial charge < -0.3 is 18.9 Å². The molecule has 0 atom stereocenters. The van der Waals surface area contributed by atoms with Crippen LogP contribution in [0.25, 0.3) is 0 Å². The molecule has 0 spiro atoms. The van der Waals surface area contributed by atoms with Crippen LogP contribution in [0.2, 0.25) is 5.67 Å². The molecule has 0 aliphatic carbocycles.